The number of fused-ring (bicyclic) bond motifs is 2. The van der Waals surface area contributed by atoms with Gasteiger partial charge in [-0.2, -0.15) is 5.10 Å². The number of imidazole rings is 1. The van der Waals surface area contributed by atoms with Crippen LogP contribution in [0.5, 0.6) is 0 Å². The maximum atomic E-state index is 5.95. The lowest BCUT2D eigenvalue weighted by Gasteiger charge is -1.96. The smallest absolute Gasteiger partial charge is 0.212 e. The van der Waals surface area contributed by atoms with Crippen molar-refractivity contribution in [1.29, 1.82) is 0 Å². The summed E-state index contributed by atoms with van der Waals surface area (Å²) in [5.41, 5.74) is 4.36. The summed E-state index contributed by atoms with van der Waals surface area (Å²) in [5.74, 6) is 0. The summed E-state index contributed by atoms with van der Waals surface area (Å²) in [6.07, 6.45) is 4.83. The fourth-order valence-corrected chi connectivity index (χ4v) is 4.04. The molecule has 122 valence electrons. The highest BCUT2D eigenvalue weighted by molar-refractivity contribution is 7.16. The fraction of sp³-hybridized carbons (Fsp3) is 0.0526. The molecule has 0 aliphatic rings. The lowest BCUT2D eigenvalue weighted by atomic mass is 10.1. The highest BCUT2D eigenvalue weighted by Crippen LogP contribution is 2.26. The Morgan fingerprint density at radius 1 is 1.08 bits per heavy atom. The molecule has 3 aromatic heterocycles. The van der Waals surface area contributed by atoms with Crippen molar-refractivity contribution in [2.24, 2.45) is 0 Å². The summed E-state index contributed by atoms with van der Waals surface area (Å²) in [5, 5.41) is 7.71. The molecule has 5 rings (SSSR count). The Balaban J connectivity index is 1.47. The van der Waals surface area contributed by atoms with Crippen molar-refractivity contribution in [3.05, 3.63) is 76.5 Å². The van der Waals surface area contributed by atoms with Crippen LogP contribution in [-0.2, 0) is 6.42 Å². The van der Waals surface area contributed by atoms with Crippen molar-refractivity contribution >= 4 is 38.8 Å². The number of halogens is 1. The van der Waals surface area contributed by atoms with Gasteiger partial charge in [0.2, 0.25) is 4.96 Å². The van der Waals surface area contributed by atoms with Gasteiger partial charge in [-0.05, 0) is 23.8 Å². The van der Waals surface area contributed by atoms with Crippen LogP contribution in [0, 0.1) is 0 Å². The van der Waals surface area contributed by atoms with Crippen molar-refractivity contribution in [3.63, 3.8) is 0 Å². The summed E-state index contributed by atoms with van der Waals surface area (Å²) < 4.78 is 1.86. The number of aromatic nitrogens is 4. The quantitative estimate of drug-likeness (QED) is 0.479. The normalized spacial score (nSPS) is 11.6. The van der Waals surface area contributed by atoms with Gasteiger partial charge in [-0.1, -0.05) is 53.3 Å². The minimum atomic E-state index is 0.726. The molecule has 0 fully saturated rings. The molecule has 0 amide bonds. The molecule has 0 bridgehead atoms. The SMILES string of the molecule is Clc1ccc(-c2cn3nc(Cc4c[nH]c5ccccc45)sc3n2)cc1. The molecule has 0 saturated carbocycles. The minimum Gasteiger partial charge on any atom is -0.361 e. The second-order valence-corrected chi connectivity index (χ2v) is 7.37. The van der Waals surface area contributed by atoms with Crippen molar-refractivity contribution in [2.75, 3.05) is 0 Å². The van der Waals surface area contributed by atoms with E-state index in [-0.39, 0.29) is 0 Å². The highest BCUT2D eigenvalue weighted by atomic mass is 35.5. The first kappa shape index (κ1) is 14.7. The molecule has 3 heterocycles. The van der Waals surface area contributed by atoms with Gasteiger partial charge < -0.3 is 4.98 Å². The molecule has 4 nitrogen and oxygen atoms in total. The van der Waals surface area contributed by atoms with Gasteiger partial charge in [0.05, 0.1) is 11.9 Å². The van der Waals surface area contributed by atoms with Gasteiger partial charge in [-0.25, -0.2) is 9.50 Å². The molecule has 2 aromatic carbocycles. The largest absolute Gasteiger partial charge is 0.361 e. The molecule has 0 unspecified atom stereocenters. The zero-order valence-corrected chi connectivity index (χ0v) is 14.7. The minimum absolute atomic E-state index is 0.726. The summed E-state index contributed by atoms with van der Waals surface area (Å²) in [7, 11) is 0. The zero-order chi connectivity index (χ0) is 16.8. The predicted octanol–water partition coefficient (Wildman–Crippen LogP) is 5.18. The van der Waals surface area contributed by atoms with Gasteiger partial charge in [0, 0.05) is 34.1 Å². The molecule has 25 heavy (non-hydrogen) atoms. The zero-order valence-electron chi connectivity index (χ0n) is 13.1. The van der Waals surface area contributed by atoms with Crippen LogP contribution in [0.15, 0.2) is 60.9 Å². The number of nitrogens with zero attached hydrogens (tertiary/aromatic N) is 3. The fourth-order valence-electron chi connectivity index (χ4n) is 3.01. The first-order valence-corrected chi connectivity index (χ1v) is 9.12. The molecule has 0 radical (unpaired) electrons. The van der Waals surface area contributed by atoms with Crippen LogP contribution >= 0.6 is 22.9 Å². The number of hydrogen-bond donors (Lipinski definition) is 1. The van der Waals surface area contributed by atoms with Gasteiger partial charge >= 0.3 is 0 Å². The third kappa shape index (κ3) is 2.62. The van der Waals surface area contributed by atoms with Crippen molar-refractivity contribution in [2.45, 2.75) is 6.42 Å². The Morgan fingerprint density at radius 2 is 1.92 bits per heavy atom. The number of aromatic amines is 1. The average molecular weight is 365 g/mol. The van der Waals surface area contributed by atoms with Crippen LogP contribution in [0.2, 0.25) is 5.02 Å². The lowest BCUT2D eigenvalue weighted by Crippen LogP contribution is -1.88. The molecular weight excluding hydrogens is 352 g/mol. The van der Waals surface area contributed by atoms with E-state index in [1.54, 1.807) is 11.3 Å². The molecule has 0 saturated heterocycles. The van der Waals surface area contributed by atoms with E-state index >= 15 is 0 Å². The summed E-state index contributed by atoms with van der Waals surface area (Å²) in [6, 6.07) is 16.0. The second kappa shape index (κ2) is 5.72. The molecule has 5 aromatic rings. The van der Waals surface area contributed by atoms with Gasteiger partial charge in [0.15, 0.2) is 0 Å². The molecule has 0 atom stereocenters. The van der Waals surface area contributed by atoms with Gasteiger partial charge in [0.25, 0.3) is 0 Å². The van der Waals surface area contributed by atoms with Crippen LogP contribution in [0.25, 0.3) is 27.1 Å². The standard InChI is InChI=1S/C19H13ClN4S/c20-14-7-5-12(6-8-14)17-11-24-19(22-17)25-18(23-24)9-13-10-21-16-4-2-1-3-15(13)16/h1-8,10-11,21H,9H2. The maximum Gasteiger partial charge on any atom is 0.212 e. The average Bonchev–Trinajstić information content (AvgIpc) is 3.29. The molecule has 0 spiro atoms. The van der Waals surface area contributed by atoms with Crippen molar-refractivity contribution in [1.82, 2.24) is 19.6 Å². The van der Waals surface area contributed by atoms with E-state index in [4.69, 9.17) is 21.7 Å². The van der Waals surface area contributed by atoms with E-state index in [1.165, 1.54) is 10.9 Å². The van der Waals surface area contributed by atoms with Crippen molar-refractivity contribution in [3.8, 4) is 11.3 Å². The van der Waals surface area contributed by atoms with Crippen LogP contribution in [0.4, 0.5) is 0 Å². The summed E-state index contributed by atoms with van der Waals surface area (Å²) >= 11 is 7.57. The third-order valence-corrected chi connectivity index (χ3v) is 5.42. The monoisotopic (exact) mass is 364 g/mol. The van der Waals surface area contributed by atoms with Crippen LogP contribution < -0.4 is 0 Å². The number of hydrogen-bond acceptors (Lipinski definition) is 3. The Bertz CT molecular complexity index is 1150. The van der Waals surface area contributed by atoms with E-state index in [0.717, 1.165) is 38.2 Å². The number of para-hydroxylation sites is 1. The van der Waals surface area contributed by atoms with E-state index < -0.39 is 0 Å². The van der Waals surface area contributed by atoms with Gasteiger partial charge in [-0.3, -0.25) is 0 Å². The first-order valence-electron chi connectivity index (χ1n) is 7.92. The van der Waals surface area contributed by atoms with Crippen molar-refractivity contribution < 1.29 is 0 Å². The Hall–Kier alpha value is -2.63. The molecule has 1 N–H and O–H groups in total. The number of H-pyrrole nitrogens is 1. The van der Waals surface area contributed by atoms with Crippen LogP contribution in [-0.4, -0.2) is 19.6 Å². The van der Waals surface area contributed by atoms with E-state index in [1.807, 2.05) is 41.0 Å². The van der Waals surface area contributed by atoms with E-state index in [2.05, 4.69) is 29.4 Å². The number of rotatable bonds is 3. The first-order chi connectivity index (χ1) is 12.3. The Morgan fingerprint density at radius 3 is 2.76 bits per heavy atom. The van der Waals surface area contributed by atoms with Gasteiger partial charge in [-0.15, -0.1) is 0 Å². The van der Waals surface area contributed by atoms with Crippen LogP contribution in [0.1, 0.15) is 10.6 Å². The van der Waals surface area contributed by atoms with Gasteiger partial charge in [0.1, 0.15) is 5.01 Å². The molecule has 0 aliphatic heterocycles. The second-order valence-electron chi connectivity index (χ2n) is 5.89. The van der Waals surface area contributed by atoms with E-state index in [0.29, 0.717) is 0 Å². The topological polar surface area (TPSA) is 46.0 Å². The maximum absolute atomic E-state index is 5.95. The van der Waals surface area contributed by atoms with E-state index in [9.17, 15) is 0 Å². The Labute approximate surface area is 152 Å². The molecular formula is C19H13ClN4S. The summed E-state index contributed by atoms with van der Waals surface area (Å²) in [4.78, 5) is 8.91. The van der Waals surface area contributed by atoms with Crippen LogP contribution in [0.3, 0.4) is 0 Å². The summed E-state index contributed by atoms with van der Waals surface area (Å²) in [6.45, 7) is 0. The highest BCUT2D eigenvalue weighted by Gasteiger charge is 2.12. The number of benzene rings is 2. The third-order valence-electron chi connectivity index (χ3n) is 4.24. The number of nitrogens with one attached hydrogen (secondary N) is 1. The molecule has 6 heteroatoms. The lowest BCUT2D eigenvalue weighted by molar-refractivity contribution is 0.923. The predicted molar refractivity (Wildman–Crippen MR) is 102 cm³/mol. The Kier molecular flexibility index (Phi) is 3.36. The molecule has 0 aliphatic carbocycles.